The van der Waals surface area contributed by atoms with Gasteiger partial charge in [0, 0.05) is 19.3 Å². The highest BCUT2D eigenvalue weighted by Gasteiger charge is 2.27. The summed E-state index contributed by atoms with van der Waals surface area (Å²) in [5.41, 5.74) is 0. The van der Waals surface area contributed by atoms with Crippen LogP contribution < -0.4 is 0 Å². The van der Waals surface area contributed by atoms with Crippen LogP contribution in [0.1, 0.15) is 136 Å². The lowest BCUT2D eigenvalue weighted by Crippen LogP contribution is -2.29. The van der Waals surface area contributed by atoms with Crippen LogP contribution in [-0.2, 0) is 37.5 Å². The van der Waals surface area contributed by atoms with Gasteiger partial charge in [0.1, 0.15) is 12.7 Å². The Labute approximate surface area is 307 Å². The van der Waals surface area contributed by atoms with Crippen molar-refractivity contribution in [1.82, 2.24) is 0 Å². The standard InChI is InChI=1S/C39H67O11P/c1-4-5-6-7-8-9-10-11-12-13-16-19-22-26-35(41)27-24-29-38(43)47-32-37(33-49-51(45,46)48-31-36(42)30-40)50-39(44)28-23-20-17-14-15-18-21-25-34(2)3/h8-9,11-12,16,19,22,26,34,36-37,40,42H,4-7,10,13-15,17-18,20-21,23-25,27-33H2,1-3H3,(H,45,46)/b9-8-,12-11-,19-16-,26-22+/t36-,37+/m0/s1. The van der Waals surface area contributed by atoms with Crippen molar-refractivity contribution >= 4 is 25.5 Å². The van der Waals surface area contributed by atoms with E-state index in [4.69, 9.17) is 19.1 Å². The lowest BCUT2D eigenvalue weighted by atomic mass is 10.0. The summed E-state index contributed by atoms with van der Waals surface area (Å²) in [6.45, 7) is 4.27. The fourth-order valence-corrected chi connectivity index (χ4v) is 5.45. The van der Waals surface area contributed by atoms with Gasteiger partial charge in [-0.3, -0.25) is 23.4 Å². The van der Waals surface area contributed by atoms with Crippen LogP contribution in [0.5, 0.6) is 0 Å². The predicted molar refractivity (Wildman–Crippen MR) is 201 cm³/mol. The number of ether oxygens (including phenoxy) is 2. The predicted octanol–water partition coefficient (Wildman–Crippen LogP) is 8.42. The molecule has 11 nitrogen and oxygen atoms in total. The summed E-state index contributed by atoms with van der Waals surface area (Å²) < 4.78 is 32.3. The smallest absolute Gasteiger partial charge is 0.462 e. The van der Waals surface area contributed by atoms with E-state index < -0.39 is 58.4 Å². The first-order chi connectivity index (χ1) is 24.5. The van der Waals surface area contributed by atoms with E-state index in [0.717, 1.165) is 44.4 Å². The summed E-state index contributed by atoms with van der Waals surface area (Å²) in [5, 5.41) is 18.2. The van der Waals surface area contributed by atoms with Crippen LogP contribution in [0.3, 0.4) is 0 Å². The van der Waals surface area contributed by atoms with Crippen LogP contribution in [0.4, 0.5) is 0 Å². The molecule has 0 aliphatic heterocycles. The average Bonchev–Trinajstić information content (AvgIpc) is 3.09. The number of unbranched alkanes of at least 4 members (excludes halogenated alkanes) is 9. The second kappa shape index (κ2) is 33.4. The normalized spacial score (nSPS) is 14.6. The van der Waals surface area contributed by atoms with Gasteiger partial charge in [0.2, 0.25) is 0 Å². The number of aliphatic hydroxyl groups is 2. The Morgan fingerprint density at radius 3 is 2.02 bits per heavy atom. The number of carbonyl (C=O) groups excluding carboxylic acids is 3. The van der Waals surface area contributed by atoms with Crippen LogP contribution in [0, 0.1) is 5.92 Å². The zero-order valence-electron chi connectivity index (χ0n) is 31.5. The minimum Gasteiger partial charge on any atom is -0.462 e. The number of phosphoric acid groups is 1. The molecule has 0 bridgehead atoms. The van der Waals surface area contributed by atoms with Crippen LogP contribution >= 0.6 is 7.82 Å². The number of ketones is 1. The molecule has 0 aromatic heterocycles. The van der Waals surface area contributed by atoms with Gasteiger partial charge in [0.25, 0.3) is 0 Å². The minimum atomic E-state index is -4.66. The Hall–Kier alpha value is -2.40. The summed E-state index contributed by atoms with van der Waals surface area (Å²) in [7, 11) is -4.66. The van der Waals surface area contributed by atoms with E-state index in [2.05, 4.69) is 49.6 Å². The number of hydrogen-bond donors (Lipinski definition) is 3. The largest absolute Gasteiger partial charge is 0.472 e. The van der Waals surface area contributed by atoms with Gasteiger partial charge >= 0.3 is 19.8 Å². The average molecular weight is 743 g/mol. The molecular formula is C39H67O11P. The minimum absolute atomic E-state index is 0.0487. The first-order valence-electron chi connectivity index (χ1n) is 18.9. The van der Waals surface area contributed by atoms with E-state index in [1.807, 2.05) is 12.2 Å². The molecule has 0 aliphatic carbocycles. The summed E-state index contributed by atoms with van der Waals surface area (Å²) in [6.07, 6.45) is 28.3. The number of aliphatic hydroxyl groups excluding tert-OH is 2. The number of phosphoric ester groups is 1. The number of esters is 2. The van der Waals surface area contributed by atoms with Crippen molar-refractivity contribution < 1.29 is 52.6 Å². The van der Waals surface area contributed by atoms with Gasteiger partial charge in [-0.2, -0.15) is 0 Å². The molecule has 3 N–H and O–H groups in total. The molecule has 0 saturated heterocycles. The summed E-state index contributed by atoms with van der Waals surface area (Å²) in [6, 6.07) is 0. The Kier molecular flexibility index (Phi) is 31.9. The molecule has 51 heavy (non-hydrogen) atoms. The van der Waals surface area contributed by atoms with E-state index in [9.17, 15) is 28.9 Å². The van der Waals surface area contributed by atoms with Crippen LogP contribution in [0.25, 0.3) is 0 Å². The lowest BCUT2D eigenvalue weighted by Gasteiger charge is -2.20. The molecule has 294 valence electrons. The molecule has 0 rings (SSSR count). The molecule has 0 aromatic rings. The Bertz CT molecular complexity index is 1070. The number of carbonyl (C=O) groups is 3. The van der Waals surface area contributed by atoms with E-state index in [1.165, 1.54) is 51.0 Å². The summed E-state index contributed by atoms with van der Waals surface area (Å²) >= 11 is 0. The molecule has 0 radical (unpaired) electrons. The molecule has 0 aromatic carbocycles. The molecule has 12 heteroatoms. The van der Waals surface area contributed by atoms with Gasteiger partial charge in [-0.15, -0.1) is 0 Å². The second-order valence-corrected chi connectivity index (χ2v) is 14.6. The SMILES string of the molecule is CCCCC/C=C\C/C=C\C/C=C\C=C\C(=O)CCCC(=O)OC[C@H](COP(=O)(O)OC[C@@H](O)CO)OC(=O)CCCCCCCCCC(C)C. The van der Waals surface area contributed by atoms with Gasteiger partial charge in [-0.05, 0) is 50.5 Å². The molecule has 3 atom stereocenters. The third kappa shape index (κ3) is 34.5. The van der Waals surface area contributed by atoms with Crippen LogP contribution in [0.2, 0.25) is 0 Å². The van der Waals surface area contributed by atoms with Crippen LogP contribution in [-0.4, -0.2) is 71.5 Å². The van der Waals surface area contributed by atoms with Crippen LogP contribution in [0.15, 0.2) is 48.6 Å². The van der Waals surface area contributed by atoms with Gasteiger partial charge < -0.3 is 24.6 Å². The lowest BCUT2D eigenvalue weighted by molar-refractivity contribution is -0.161. The maximum absolute atomic E-state index is 12.5. The Morgan fingerprint density at radius 1 is 0.706 bits per heavy atom. The van der Waals surface area contributed by atoms with Gasteiger partial charge in [-0.1, -0.05) is 121 Å². The van der Waals surface area contributed by atoms with Crippen molar-refractivity contribution in [2.75, 3.05) is 26.4 Å². The number of allylic oxidation sites excluding steroid dienone is 8. The fraction of sp³-hybridized carbons (Fsp3) is 0.718. The maximum atomic E-state index is 12.5. The second-order valence-electron chi connectivity index (χ2n) is 13.1. The van der Waals surface area contributed by atoms with Crippen molar-refractivity contribution in [3.05, 3.63) is 48.6 Å². The summed E-state index contributed by atoms with van der Waals surface area (Å²) in [4.78, 5) is 46.9. The molecule has 0 aliphatic rings. The highest BCUT2D eigenvalue weighted by atomic mass is 31.2. The molecule has 0 heterocycles. The molecule has 1 unspecified atom stereocenters. The quantitative estimate of drug-likeness (QED) is 0.0145. The number of hydrogen-bond acceptors (Lipinski definition) is 10. The zero-order chi connectivity index (χ0) is 38.0. The number of rotatable bonds is 34. The highest BCUT2D eigenvalue weighted by molar-refractivity contribution is 7.47. The first-order valence-corrected chi connectivity index (χ1v) is 20.4. The molecular weight excluding hydrogens is 675 g/mol. The fourth-order valence-electron chi connectivity index (χ4n) is 4.66. The van der Waals surface area contributed by atoms with Gasteiger partial charge in [0.15, 0.2) is 11.9 Å². The highest BCUT2D eigenvalue weighted by Crippen LogP contribution is 2.43. The van der Waals surface area contributed by atoms with Crippen molar-refractivity contribution in [1.29, 1.82) is 0 Å². The third-order valence-electron chi connectivity index (χ3n) is 7.64. The first kappa shape index (κ1) is 48.6. The topological polar surface area (TPSA) is 166 Å². The van der Waals surface area contributed by atoms with E-state index in [1.54, 1.807) is 6.08 Å². The summed E-state index contributed by atoms with van der Waals surface area (Å²) in [5.74, 6) is -0.601. The van der Waals surface area contributed by atoms with Crippen molar-refractivity contribution in [2.24, 2.45) is 5.92 Å². The third-order valence-corrected chi connectivity index (χ3v) is 8.59. The molecule has 0 amide bonds. The van der Waals surface area contributed by atoms with E-state index in [0.29, 0.717) is 6.42 Å². The molecule has 0 fully saturated rings. The maximum Gasteiger partial charge on any atom is 0.472 e. The van der Waals surface area contributed by atoms with Crippen molar-refractivity contribution in [2.45, 2.75) is 149 Å². The molecule has 0 saturated carbocycles. The van der Waals surface area contributed by atoms with Crippen molar-refractivity contribution in [3.63, 3.8) is 0 Å². The monoisotopic (exact) mass is 742 g/mol. The van der Waals surface area contributed by atoms with E-state index >= 15 is 0 Å². The molecule has 0 spiro atoms. The van der Waals surface area contributed by atoms with Crippen molar-refractivity contribution in [3.8, 4) is 0 Å². The van der Waals surface area contributed by atoms with Gasteiger partial charge in [0.05, 0.1) is 19.8 Å². The van der Waals surface area contributed by atoms with Gasteiger partial charge in [-0.25, -0.2) is 4.57 Å². The van der Waals surface area contributed by atoms with E-state index in [-0.39, 0.29) is 31.5 Å². The zero-order valence-corrected chi connectivity index (χ0v) is 32.4. The Balaban J connectivity index is 4.58. The Morgan fingerprint density at radius 2 is 1.33 bits per heavy atom.